The van der Waals surface area contributed by atoms with Gasteiger partial charge in [0.15, 0.2) is 11.3 Å². The number of nitrogens with zero attached hydrogens (tertiary/aromatic N) is 9. The quantitative estimate of drug-likeness (QED) is 0.218. The Labute approximate surface area is 298 Å². The molecule has 0 atom stereocenters. The summed E-state index contributed by atoms with van der Waals surface area (Å²) >= 11 is 1.41. The standard InChI is InChI=1S/C34H42F2N10O4S/c1-41(2)30(47)21-43-15-13-42(14-16-43)19-23-8-11-44(12-9-23)31(48)22-45-20-26(39-33(49)27-18-37-29-5-4-10-38-46(27)29)32(40-45)25-17-24(51-3)6-7-28(25)50-34(35)36/h4-7,10,17-18,20,23,34H,8-9,11-16,19,21-22H2,1-3H3,(H,39,49). The van der Waals surface area contributed by atoms with Gasteiger partial charge in [0.1, 0.15) is 18.0 Å². The molecule has 6 rings (SSSR count). The Hall–Kier alpha value is -4.61. The van der Waals surface area contributed by atoms with Crippen LogP contribution in [0.2, 0.25) is 0 Å². The topological polar surface area (TPSA) is 133 Å². The second-order valence-electron chi connectivity index (χ2n) is 12.9. The number of piperidine rings is 1. The predicted octanol–water partition coefficient (Wildman–Crippen LogP) is 3.11. The molecular weight excluding hydrogens is 683 g/mol. The van der Waals surface area contributed by atoms with Gasteiger partial charge in [-0.05, 0) is 55.3 Å². The number of hydrogen-bond acceptors (Lipinski definition) is 10. The fourth-order valence-electron chi connectivity index (χ4n) is 6.41. The highest BCUT2D eigenvalue weighted by molar-refractivity contribution is 7.98. The number of carbonyl (C=O) groups is 3. The zero-order valence-corrected chi connectivity index (χ0v) is 29.7. The highest BCUT2D eigenvalue weighted by Gasteiger charge is 2.28. The van der Waals surface area contributed by atoms with Gasteiger partial charge in [-0.3, -0.25) is 24.0 Å². The molecule has 17 heteroatoms. The number of amides is 3. The Balaban J connectivity index is 1.13. The number of likely N-dealkylation sites (N-methyl/N-ethyl adjacent to an activating group) is 1. The van der Waals surface area contributed by atoms with Gasteiger partial charge in [0.25, 0.3) is 5.91 Å². The summed E-state index contributed by atoms with van der Waals surface area (Å²) in [4.78, 5) is 52.2. The Kier molecular flexibility index (Phi) is 11.5. The summed E-state index contributed by atoms with van der Waals surface area (Å²) in [6.45, 7) is 2.99. The zero-order valence-electron chi connectivity index (χ0n) is 28.9. The fraction of sp³-hybridized carbons (Fsp3) is 0.471. The third-order valence-corrected chi connectivity index (χ3v) is 10.0. The number of piperazine rings is 1. The van der Waals surface area contributed by atoms with Crippen LogP contribution in [-0.2, 0) is 16.1 Å². The third kappa shape index (κ3) is 8.83. The van der Waals surface area contributed by atoms with E-state index in [0.29, 0.717) is 31.2 Å². The van der Waals surface area contributed by atoms with Crippen molar-refractivity contribution >= 4 is 40.8 Å². The Morgan fingerprint density at radius 1 is 1.04 bits per heavy atom. The van der Waals surface area contributed by atoms with E-state index in [1.54, 1.807) is 43.3 Å². The van der Waals surface area contributed by atoms with Crippen LogP contribution in [0.15, 0.2) is 53.8 Å². The molecule has 0 saturated carbocycles. The molecule has 0 aliphatic carbocycles. The van der Waals surface area contributed by atoms with E-state index in [4.69, 9.17) is 4.74 Å². The first-order valence-electron chi connectivity index (χ1n) is 16.8. The minimum absolute atomic E-state index is 0.106. The summed E-state index contributed by atoms with van der Waals surface area (Å²) in [6, 6.07) is 8.18. The number of anilines is 1. The summed E-state index contributed by atoms with van der Waals surface area (Å²) in [5.74, 6) is -0.210. The molecule has 272 valence electrons. The molecule has 14 nitrogen and oxygen atoms in total. The maximum absolute atomic E-state index is 13.5. The first-order valence-corrected chi connectivity index (χ1v) is 18.0. The minimum atomic E-state index is -3.08. The molecule has 2 saturated heterocycles. The van der Waals surface area contributed by atoms with Crippen molar-refractivity contribution in [3.8, 4) is 17.0 Å². The molecule has 0 spiro atoms. The van der Waals surface area contributed by atoms with Crippen molar-refractivity contribution in [1.82, 2.24) is 44.0 Å². The Morgan fingerprint density at radius 2 is 1.78 bits per heavy atom. The van der Waals surface area contributed by atoms with Gasteiger partial charge >= 0.3 is 6.61 Å². The Bertz CT molecular complexity index is 1850. The lowest BCUT2D eigenvalue weighted by Gasteiger charge is -2.38. The summed E-state index contributed by atoms with van der Waals surface area (Å²) in [5.41, 5.74) is 1.26. The number of hydrogen-bond donors (Lipinski definition) is 1. The molecular formula is C34H42F2N10O4S. The Morgan fingerprint density at radius 3 is 2.49 bits per heavy atom. The molecule has 1 aromatic carbocycles. The number of likely N-dealkylation sites (tertiary alicyclic amines) is 1. The van der Waals surface area contributed by atoms with Crippen LogP contribution in [0.25, 0.3) is 16.9 Å². The third-order valence-electron chi connectivity index (χ3n) is 9.28. The average molecular weight is 725 g/mol. The molecule has 51 heavy (non-hydrogen) atoms. The van der Waals surface area contributed by atoms with Crippen molar-refractivity contribution in [3.05, 3.63) is 54.6 Å². The number of alkyl halides is 2. The summed E-state index contributed by atoms with van der Waals surface area (Å²) in [7, 11) is 3.55. The van der Waals surface area contributed by atoms with Gasteiger partial charge < -0.3 is 24.8 Å². The largest absolute Gasteiger partial charge is 0.434 e. The number of fused-ring (bicyclic) bond motifs is 1. The zero-order chi connectivity index (χ0) is 36.1. The number of rotatable bonds is 12. The first kappa shape index (κ1) is 36.2. The molecule has 3 aromatic heterocycles. The maximum atomic E-state index is 13.5. The molecule has 2 aliphatic heterocycles. The van der Waals surface area contributed by atoms with Crippen LogP contribution >= 0.6 is 11.8 Å². The number of halogens is 2. The number of carbonyl (C=O) groups excluding carboxylic acids is 3. The number of thioether (sulfide) groups is 1. The lowest BCUT2D eigenvalue weighted by atomic mass is 9.96. The van der Waals surface area contributed by atoms with Crippen LogP contribution in [0.1, 0.15) is 23.3 Å². The summed E-state index contributed by atoms with van der Waals surface area (Å²) < 4.78 is 34.6. The second-order valence-corrected chi connectivity index (χ2v) is 13.8. The summed E-state index contributed by atoms with van der Waals surface area (Å²) in [6.07, 6.45) is 8.05. The van der Waals surface area contributed by atoms with Crippen LogP contribution in [0.4, 0.5) is 14.5 Å². The lowest BCUT2D eigenvalue weighted by Crippen LogP contribution is -2.51. The molecule has 2 fully saturated rings. The highest BCUT2D eigenvalue weighted by Crippen LogP contribution is 2.38. The SMILES string of the molecule is CSc1ccc(OC(F)F)c(-c2nn(CC(=O)N3CCC(CN4CCN(CC(=O)N(C)C)CC4)CC3)cc2NC(=O)c2cnc3cccnn23)c1. The number of nitrogens with one attached hydrogen (secondary N) is 1. The van der Waals surface area contributed by atoms with Gasteiger partial charge in [0.05, 0.1) is 18.4 Å². The second kappa shape index (κ2) is 16.2. The van der Waals surface area contributed by atoms with Crippen molar-refractivity contribution in [3.63, 3.8) is 0 Å². The molecule has 0 unspecified atom stereocenters. The average Bonchev–Trinajstić information content (AvgIpc) is 3.73. The van der Waals surface area contributed by atoms with E-state index < -0.39 is 12.5 Å². The number of aromatic nitrogens is 5. The van der Waals surface area contributed by atoms with Gasteiger partial charge in [-0.15, -0.1) is 11.8 Å². The van der Waals surface area contributed by atoms with Crippen LogP contribution < -0.4 is 10.1 Å². The van der Waals surface area contributed by atoms with Crippen molar-refractivity contribution in [2.24, 2.45) is 5.92 Å². The highest BCUT2D eigenvalue weighted by atomic mass is 32.2. The van der Waals surface area contributed by atoms with Gasteiger partial charge in [0.2, 0.25) is 11.8 Å². The van der Waals surface area contributed by atoms with E-state index in [1.165, 1.54) is 45.6 Å². The monoisotopic (exact) mass is 724 g/mol. The number of imidazole rings is 1. The van der Waals surface area contributed by atoms with E-state index >= 15 is 0 Å². The predicted molar refractivity (Wildman–Crippen MR) is 188 cm³/mol. The number of benzene rings is 1. The van der Waals surface area contributed by atoms with Crippen molar-refractivity contribution in [1.29, 1.82) is 0 Å². The van der Waals surface area contributed by atoms with Gasteiger partial charge in [-0.25, -0.2) is 9.50 Å². The summed E-state index contributed by atoms with van der Waals surface area (Å²) in [5, 5.41) is 11.7. The first-order chi connectivity index (χ1) is 24.6. The molecule has 2 aliphatic rings. The fourth-order valence-corrected chi connectivity index (χ4v) is 6.85. The molecule has 5 heterocycles. The van der Waals surface area contributed by atoms with Crippen molar-refractivity contribution in [2.45, 2.75) is 30.9 Å². The van der Waals surface area contributed by atoms with Crippen LogP contribution in [0.5, 0.6) is 5.75 Å². The van der Waals surface area contributed by atoms with E-state index in [9.17, 15) is 23.2 Å². The van der Waals surface area contributed by atoms with E-state index in [0.717, 1.165) is 50.5 Å². The van der Waals surface area contributed by atoms with E-state index in [2.05, 4.69) is 30.3 Å². The minimum Gasteiger partial charge on any atom is -0.434 e. The molecule has 3 amide bonds. The van der Waals surface area contributed by atoms with E-state index in [-0.39, 0.29) is 46.7 Å². The normalized spacial score (nSPS) is 16.2. The van der Waals surface area contributed by atoms with Crippen molar-refractivity contribution in [2.75, 3.05) is 78.0 Å². The molecule has 0 bridgehead atoms. The van der Waals surface area contributed by atoms with Crippen LogP contribution in [0.3, 0.4) is 0 Å². The number of ether oxygens (including phenoxy) is 1. The van der Waals surface area contributed by atoms with Crippen molar-refractivity contribution < 1.29 is 27.9 Å². The lowest BCUT2D eigenvalue weighted by molar-refractivity contribution is -0.133. The van der Waals surface area contributed by atoms with Gasteiger partial charge in [-0.1, -0.05) is 0 Å². The maximum Gasteiger partial charge on any atom is 0.387 e. The van der Waals surface area contributed by atoms with Gasteiger partial charge in [-0.2, -0.15) is 19.0 Å². The molecule has 0 radical (unpaired) electrons. The molecule has 1 N–H and O–H groups in total. The van der Waals surface area contributed by atoms with E-state index in [1.807, 2.05) is 11.2 Å². The van der Waals surface area contributed by atoms with Crippen LogP contribution in [-0.4, -0.2) is 141 Å². The smallest absolute Gasteiger partial charge is 0.387 e. The molecule has 4 aromatic rings. The van der Waals surface area contributed by atoms with Gasteiger partial charge in [0, 0.05) is 82.8 Å². The van der Waals surface area contributed by atoms with Crippen LogP contribution in [0, 0.1) is 5.92 Å².